The van der Waals surface area contributed by atoms with Gasteiger partial charge in [-0.3, -0.25) is 0 Å². The van der Waals surface area contributed by atoms with Gasteiger partial charge >= 0.3 is 12.3 Å². The highest BCUT2D eigenvalue weighted by Crippen LogP contribution is 2.31. The van der Waals surface area contributed by atoms with Gasteiger partial charge in [0.05, 0.1) is 5.56 Å². The number of rotatable bonds is 1. The lowest BCUT2D eigenvalue weighted by Gasteiger charge is -2.08. The molecule has 0 atom stereocenters. The van der Waals surface area contributed by atoms with Crippen LogP contribution in [0.4, 0.5) is 22.4 Å². The maximum atomic E-state index is 12.9. The molecule has 0 radical (unpaired) electrons. The molecule has 1 amide bonds. The van der Waals surface area contributed by atoms with Crippen LogP contribution in [-0.2, 0) is 6.18 Å². The van der Waals surface area contributed by atoms with Crippen molar-refractivity contribution in [3.8, 4) is 5.75 Å². The zero-order valence-corrected chi connectivity index (χ0v) is 7.14. The Bertz CT molecular complexity index is 389. The van der Waals surface area contributed by atoms with Gasteiger partial charge in [0, 0.05) is 0 Å². The van der Waals surface area contributed by atoms with Crippen molar-refractivity contribution in [1.82, 2.24) is 0 Å². The van der Waals surface area contributed by atoms with Crippen LogP contribution in [-0.4, -0.2) is 6.09 Å². The first-order valence-corrected chi connectivity index (χ1v) is 3.65. The minimum atomic E-state index is -4.65. The van der Waals surface area contributed by atoms with Crippen LogP contribution in [0.3, 0.4) is 0 Å². The zero-order valence-electron chi connectivity index (χ0n) is 7.14. The maximum absolute atomic E-state index is 12.9. The van der Waals surface area contributed by atoms with Crippen molar-refractivity contribution in [2.45, 2.75) is 6.18 Å². The quantitative estimate of drug-likeness (QED) is 0.742. The fourth-order valence-electron chi connectivity index (χ4n) is 0.868. The van der Waals surface area contributed by atoms with Crippen LogP contribution in [0, 0.1) is 5.82 Å². The molecule has 0 heterocycles. The van der Waals surface area contributed by atoms with Gasteiger partial charge in [-0.1, -0.05) is 0 Å². The van der Waals surface area contributed by atoms with E-state index in [0.717, 1.165) is 0 Å². The summed E-state index contributed by atoms with van der Waals surface area (Å²) in [6.45, 7) is 0. The topological polar surface area (TPSA) is 52.3 Å². The standard InChI is InChI=1S/C8H5F4NO2/c9-5-3-4(8(10,11)12)1-2-6(5)15-7(13)14/h1-3H,(H2,13,14). The Morgan fingerprint density at radius 2 is 1.93 bits per heavy atom. The van der Waals surface area contributed by atoms with Crippen molar-refractivity contribution in [2.75, 3.05) is 0 Å². The largest absolute Gasteiger partial charge is 0.416 e. The average Bonchev–Trinajstić information content (AvgIpc) is 2.05. The summed E-state index contributed by atoms with van der Waals surface area (Å²) in [4.78, 5) is 10.2. The molecule has 1 rings (SSSR count). The predicted octanol–water partition coefficient (Wildman–Crippen LogP) is 2.30. The summed E-state index contributed by atoms with van der Waals surface area (Å²) < 4.78 is 53.2. The first kappa shape index (κ1) is 11.3. The molecule has 0 saturated carbocycles. The van der Waals surface area contributed by atoms with E-state index in [2.05, 4.69) is 10.5 Å². The molecule has 7 heteroatoms. The van der Waals surface area contributed by atoms with Crippen molar-refractivity contribution in [2.24, 2.45) is 5.73 Å². The van der Waals surface area contributed by atoms with Gasteiger partial charge in [0.25, 0.3) is 0 Å². The van der Waals surface area contributed by atoms with Gasteiger partial charge in [0.15, 0.2) is 11.6 Å². The van der Waals surface area contributed by atoms with E-state index in [-0.39, 0.29) is 6.07 Å². The number of ether oxygens (including phenoxy) is 1. The fourth-order valence-corrected chi connectivity index (χ4v) is 0.868. The van der Waals surface area contributed by atoms with E-state index >= 15 is 0 Å². The van der Waals surface area contributed by atoms with Crippen molar-refractivity contribution in [1.29, 1.82) is 0 Å². The molecule has 82 valence electrons. The SMILES string of the molecule is NC(=O)Oc1ccc(C(F)(F)F)cc1F. The van der Waals surface area contributed by atoms with Gasteiger partial charge in [-0.05, 0) is 18.2 Å². The highest BCUT2D eigenvalue weighted by atomic mass is 19.4. The summed E-state index contributed by atoms with van der Waals surface area (Å²) in [6, 6.07) is 1.49. The van der Waals surface area contributed by atoms with Gasteiger partial charge in [-0.15, -0.1) is 0 Å². The van der Waals surface area contributed by atoms with Crippen LogP contribution in [0.1, 0.15) is 5.56 Å². The zero-order chi connectivity index (χ0) is 11.6. The molecule has 15 heavy (non-hydrogen) atoms. The normalized spacial score (nSPS) is 11.2. The number of benzene rings is 1. The number of alkyl halides is 3. The number of amides is 1. The molecule has 3 nitrogen and oxygen atoms in total. The summed E-state index contributed by atoms with van der Waals surface area (Å²) in [6.07, 6.45) is -5.94. The van der Waals surface area contributed by atoms with Crippen LogP contribution in [0.25, 0.3) is 0 Å². The lowest BCUT2D eigenvalue weighted by molar-refractivity contribution is -0.137. The molecule has 0 unspecified atom stereocenters. The second-order valence-corrected chi connectivity index (χ2v) is 2.56. The van der Waals surface area contributed by atoms with E-state index in [1.54, 1.807) is 0 Å². The second kappa shape index (κ2) is 3.76. The first-order chi connectivity index (χ1) is 6.80. The van der Waals surface area contributed by atoms with Gasteiger partial charge in [0.2, 0.25) is 0 Å². The van der Waals surface area contributed by atoms with Crippen molar-refractivity contribution in [3.05, 3.63) is 29.6 Å². The average molecular weight is 223 g/mol. The van der Waals surface area contributed by atoms with Gasteiger partial charge in [-0.2, -0.15) is 13.2 Å². The lowest BCUT2D eigenvalue weighted by Crippen LogP contribution is -2.17. The van der Waals surface area contributed by atoms with Crippen LogP contribution >= 0.6 is 0 Å². The van der Waals surface area contributed by atoms with E-state index in [1.807, 2.05) is 0 Å². The van der Waals surface area contributed by atoms with Crippen molar-refractivity contribution >= 4 is 6.09 Å². The van der Waals surface area contributed by atoms with Crippen molar-refractivity contribution < 1.29 is 27.1 Å². The predicted molar refractivity (Wildman–Crippen MR) is 41.6 cm³/mol. The van der Waals surface area contributed by atoms with Crippen LogP contribution in [0.15, 0.2) is 18.2 Å². The van der Waals surface area contributed by atoms with Crippen molar-refractivity contribution in [3.63, 3.8) is 0 Å². The molecule has 1 aromatic rings. The minimum absolute atomic E-state index is 0.221. The number of carbonyl (C=O) groups is 1. The molecule has 1 aromatic carbocycles. The Morgan fingerprint density at radius 3 is 2.33 bits per heavy atom. The Balaban J connectivity index is 3.03. The summed E-state index contributed by atoms with van der Waals surface area (Å²) in [5.74, 6) is -1.95. The molecule has 0 aliphatic rings. The highest BCUT2D eigenvalue weighted by molar-refractivity contribution is 5.68. The van der Waals surface area contributed by atoms with E-state index in [4.69, 9.17) is 0 Å². The second-order valence-electron chi connectivity index (χ2n) is 2.56. The Kier molecular flexibility index (Phi) is 2.83. The number of hydrogen-bond donors (Lipinski definition) is 1. The van der Waals surface area contributed by atoms with Gasteiger partial charge in [-0.25, -0.2) is 9.18 Å². The molecular weight excluding hydrogens is 218 g/mol. The third kappa shape index (κ3) is 2.83. The number of halogens is 4. The van der Waals surface area contributed by atoms with Crippen LogP contribution < -0.4 is 10.5 Å². The highest BCUT2D eigenvalue weighted by Gasteiger charge is 2.31. The molecule has 2 N–H and O–H groups in total. The monoisotopic (exact) mass is 223 g/mol. The van der Waals surface area contributed by atoms with E-state index < -0.39 is 29.4 Å². The van der Waals surface area contributed by atoms with E-state index in [9.17, 15) is 22.4 Å². The number of primary amides is 1. The minimum Gasteiger partial charge on any atom is -0.407 e. The molecule has 0 aliphatic heterocycles. The molecule has 0 aliphatic carbocycles. The Morgan fingerprint density at radius 1 is 1.33 bits per heavy atom. The first-order valence-electron chi connectivity index (χ1n) is 3.65. The van der Waals surface area contributed by atoms with E-state index in [1.165, 1.54) is 0 Å². The molecule has 0 bridgehead atoms. The molecule has 0 fully saturated rings. The molecular formula is C8H5F4NO2. The summed E-state index contributed by atoms with van der Waals surface area (Å²) in [5, 5.41) is 0. The van der Waals surface area contributed by atoms with Crippen LogP contribution in [0.2, 0.25) is 0 Å². The molecule has 0 aromatic heterocycles. The third-order valence-electron chi connectivity index (χ3n) is 1.47. The molecule has 0 spiro atoms. The Hall–Kier alpha value is -1.79. The third-order valence-corrected chi connectivity index (χ3v) is 1.47. The maximum Gasteiger partial charge on any atom is 0.416 e. The van der Waals surface area contributed by atoms with Crippen LogP contribution in [0.5, 0.6) is 5.75 Å². The lowest BCUT2D eigenvalue weighted by atomic mass is 10.2. The summed E-state index contributed by atoms with van der Waals surface area (Å²) in [5.41, 5.74) is 3.40. The number of nitrogens with two attached hydrogens (primary N) is 1. The molecule has 0 saturated heterocycles. The Labute approximate surface area is 81.4 Å². The fraction of sp³-hybridized carbons (Fsp3) is 0.125. The smallest absolute Gasteiger partial charge is 0.407 e. The van der Waals surface area contributed by atoms with E-state index in [0.29, 0.717) is 12.1 Å². The van der Waals surface area contributed by atoms with Gasteiger partial charge < -0.3 is 10.5 Å². The number of hydrogen-bond acceptors (Lipinski definition) is 2. The summed E-state index contributed by atoms with van der Waals surface area (Å²) >= 11 is 0. The number of carbonyl (C=O) groups excluding carboxylic acids is 1. The summed E-state index contributed by atoms with van der Waals surface area (Å²) in [7, 11) is 0. The van der Waals surface area contributed by atoms with Gasteiger partial charge in [0.1, 0.15) is 0 Å².